The summed E-state index contributed by atoms with van der Waals surface area (Å²) in [5.74, 6) is 0.771. The zero-order valence-corrected chi connectivity index (χ0v) is 9.02. The van der Waals surface area contributed by atoms with E-state index < -0.39 is 0 Å². The van der Waals surface area contributed by atoms with Crippen LogP contribution in [0.2, 0.25) is 0 Å². The van der Waals surface area contributed by atoms with E-state index in [1.807, 2.05) is 7.05 Å². The molecule has 0 saturated carbocycles. The summed E-state index contributed by atoms with van der Waals surface area (Å²) >= 11 is 0. The highest BCUT2D eigenvalue weighted by Crippen LogP contribution is 2.15. The molecule has 0 N–H and O–H groups in total. The molecule has 0 heterocycles. The van der Waals surface area contributed by atoms with Crippen LogP contribution in [0, 0.1) is 5.92 Å². The molecule has 0 radical (unpaired) electrons. The van der Waals surface area contributed by atoms with E-state index in [-0.39, 0.29) is 0 Å². The third kappa shape index (κ3) is 3.70. The minimum Gasteiger partial charge on any atom is -0.293 e. The van der Waals surface area contributed by atoms with E-state index in [0.717, 1.165) is 12.3 Å². The molecule has 12 heavy (non-hydrogen) atoms. The molecule has 0 aromatic heterocycles. The summed E-state index contributed by atoms with van der Waals surface area (Å²) in [6.45, 7) is 8.69. The highest BCUT2D eigenvalue weighted by molar-refractivity contribution is 5.98. The maximum atomic E-state index is 4.20. The fraction of sp³-hybridized carbons (Fsp3) is 0.727. The smallest absolute Gasteiger partial charge is 0.0342 e. The van der Waals surface area contributed by atoms with Gasteiger partial charge in [-0.2, -0.15) is 0 Å². The fourth-order valence-corrected chi connectivity index (χ4v) is 1.14. The highest BCUT2D eigenvalue weighted by atomic mass is 14.7. The number of nitrogens with zero attached hydrogens (tertiary/aromatic N) is 1. The molecule has 70 valence electrons. The van der Waals surface area contributed by atoms with Crippen LogP contribution in [0.4, 0.5) is 0 Å². The zero-order valence-electron chi connectivity index (χ0n) is 9.02. The van der Waals surface area contributed by atoms with Gasteiger partial charge in [-0.25, -0.2) is 0 Å². The van der Waals surface area contributed by atoms with Gasteiger partial charge >= 0.3 is 0 Å². The molecule has 1 atom stereocenters. The normalized spacial score (nSPS) is 16.4. The summed E-state index contributed by atoms with van der Waals surface area (Å²) in [4.78, 5) is 4.20. The number of hydrogen-bond acceptors (Lipinski definition) is 1. The molecule has 0 fully saturated rings. The first-order chi connectivity index (χ1) is 5.65. The Morgan fingerprint density at radius 2 is 2.08 bits per heavy atom. The lowest BCUT2D eigenvalue weighted by molar-refractivity contribution is 0.564. The van der Waals surface area contributed by atoms with Crippen molar-refractivity contribution in [3.8, 4) is 0 Å². The van der Waals surface area contributed by atoms with E-state index in [2.05, 4.69) is 38.8 Å². The number of rotatable bonds is 4. The van der Waals surface area contributed by atoms with Gasteiger partial charge < -0.3 is 0 Å². The van der Waals surface area contributed by atoms with Crippen LogP contribution < -0.4 is 0 Å². The van der Waals surface area contributed by atoms with Crippen molar-refractivity contribution in [2.75, 3.05) is 7.05 Å². The number of aliphatic imine (C=N–C) groups is 1. The average Bonchev–Trinajstić information content (AvgIpc) is 2.12. The summed E-state index contributed by atoms with van der Waals surface area (Å²) in [5, 5.41) is 0. The van der Waals surface area contributed by atoms with Crippen molar-refractivity contribution in [1.29, 1.82) is 0 Å². The van der Waals surface area contributed by atoms with Gasteiger partial charge in [-0.3, -0.25) is 4.99 Å². The Morgan fingerprint density at radius 3 is 2.42 bits per heavy atom. The minimum atomic E-state index is 0.771. The monoisotopic (exact) mass is 167 g/mol. The molecule has 0 aromatic carbocycles. The first-order valence-electron chi connectivity index (χ1n) is 4.74. The quantitative estimate of drug-likeness (QED) is 0.569. The van der Waals surface area contributed by atoms with E-state index in [4.69, 9.17) is 0 Å². The van der Waals surface area contributed by atoms with E-state index in [0.29, 0.717) is 0 Å². The molecule has 0 saturated heterocycles. The van der Waals surface area contributed by atoms with Crippen LogP contribution in [0.1, 0.15) is 40.5 Å². The van der Waals surface area contributed by atoms with Crippen molar-refractivity contribution >= 4 is 5.71 Å². The van der Waals surface area contributed by atoms with Crippen molar-refractivity contribution in [3.63, 3.8) is 0 Å². The first kappa shape index (κ1) is 11.4. The predicted molar refractivity (Wildman–Crippen MR) is 56.9 cm³/mol. The Morgan fingerprint density at radius 1 is 1.50 bits per heavy atom. The molecule has 0 spiro atoms. The number of allylic oxidation sites excluding steroid dienone is 2. The fourth-order valence-electron chi connectivity index (χ4n) is 1.14. The predicted octanol–water partition coefficient (Wildman–Crippen LogP) is 3.46. The summed E-state index contributed by atoms with van der Waals surface area (Å²) in [5.41, 5.74) is 2.57. The Balaban J connectivity index is 4.21. The van der Waals surface area contributed by atoms with Gasteiger partial charge in [-0.1, -0.05) is 26.3 Å². The molecular weight excluding hydrogens is 146 g/mol. The van der Waals surface area contributed by atoms with Gasteiger partial charge in [-0.05, 0) is 31.8 Å². The van der Waals surface area contributed by atoms with Gasteiger partial charge in [0.15, 0.2) is 0 Å². The lowest BCUT2D eigenvalue weighted by atomic mass is 9.96. The molecule has 1 heteroatoms. The Bertz CT molecular complexity index is 177. The van der Waals surface area contributed by atoms with Crippen LogP contribution in [-0.4, -0.2) is 12.8 Å². The van der Waals surface area contributed by atoms with E-state index in [9.17, 15) is 0 Å². The minimum absolute atomic E-state index is 0.771. The van der Waals surface area contributed by atoms with Gasteiger partial charge in [0.2, 0.25) is 0 Å². The van der Waals surface area contributed by atoms with Gasteiger partial charge in [0, 0.05) is 12.8 Å². The molecule has 0 aliphatic carbocycles. The van der Waals surface area contributed by atoms with Crippen LogP contribution in [0.25, 0.3) is 0 Å². The second kappa shape index (κ2) is 5.99. The lowest BCUT2D eigenvalue weighted by Crippen LogP contribution is -2.02. The highest BCUT2D eigenvalue weighted by Gasteiger charge is 2.04. The van der Waals surface area contributed by atoms with Gasteiger partial charge in [0.25, 0.3) is 0 Å². The summed E-state index contributed by atoms with van der Waals surface area (Å²) in [6.07, 6.45) is 4.58. The van der Waals surface area contributed by atoms with Gasteiger partial charge in [0.05, 0.1) is 0 Å². The summed E-state index contributed by atoms with van der Waals surface area (Å²) in [6, 6.07) is 0. The van der Waals surface area contributed by atoms with Crippen molar-refractivity contribution < 1.29 is 0 Å². The van der Waals surface area contributed by atoms with Crippen molar-refractivity contribution in [2.45, 2.75) is 40.5 Å². The molecule has 0 bridgehead atoms. The Kier molecular flexibility index (Phi) is 5.69. The third-order valence-corrected chi connectivity index (χ3v) is 2.41. The molecule has 0 aliphatic heterocycles. The number of hydrogen-bond donors (Lipinski definition) is 0. The van der Waals surface area contributed by atoms with Crippen molar-refractivity contribution in [3.05, 3.63) is 11.6 Å². The standard InChI is InChI=1S/C11H21N/c1-6-9(3)8-11(7-2)10(4)12-5/h7,9H,6,8H2,1-5H3. The maximum Gasteiger partial charge on any atom is 0.0342 e. The molecule has 0 aromatic rings. The van der Waals surface area contributed by atoms with Crippen LogP contribution in [0.15, 0.2) is 16.6 Å². The molecular formula is C11H21N. The summed E-state index contributed by atoms with van der Waals surface area (Å²) < 4.78 is 0. The van der Waals surface area contributed by atoms with Crippen molar-refractivity contribution in [1.82, 2.24) is 0 Å². The van der Waals surface area contributed by atoms with Gasteiger partial charge in [0.1, 0.15) is 0 Å². The second-order valence-corrected chi connectivity index (χ2v) is 3.34. The van der Waals surface area contributed by atoms with Crippen LogP contribution in [0.3, 0.4) is 0 Å². The molecule has 1 nitrogen and oxygen atoms in total. The largest absolute Gasteiger partial charge is 0.293 e. The summed E-state index contributed by atoms with van der Waals surface area (Å²) in [7, 11) is 1.86. The molecule has 0 rings (SSSR count). The first-order valence-corrected chi connectivity index (χ1v) is 4.74. The van der Waals surface area contributed by atoms with E-state index in [1.54, 1.807) is 0 Å². The molecule has 1 unspecified atom stereocenters. The maximum absolute atomic E-state index is 4.20. The topological polar surface area (TPSA) is 12.4 Å². The lowest BCUT2D eigenvalue weighted by Gasteiger charge is -2.11. The molecule has 0 amide bonds. The SMILES string of the molecule is CC=C(CC(C)CC)C(C)=NC. The Hall–Kier alpha value is -0.590. The van der Waals surface area contributed by atoms with Crippen LogP contribution in [0.5, 0.6) is 0 Å². The Labute approximate surface area is 76.6 Å². The average molecular weight is 167 g/mol. The third-order valence-electron chi connectivity index (χ3n) is 2.41. The molecule has 0 aliphatic rings. The van der Waals surface area contributed by atoms with Gasteiger partial charge in [-0.15, -0.1) is 0 Å². The second-order valence-electron chi connectivity index (χ2n) is 3.34. The van der Waals surface area contributed by atoms with Crippen LogP contribution in [-0.2, 0) is 0 Å². The van der Waals surface area contributed by atoms with E-state index >= 15 is 0 Å². The van der Waals surface area contributed by atoms with Crippen molar-refractivity contribution in [2.24, 2.45) is 10.9 Å². The zero-order chi connectivity index (χ0) is 9.56. The van der Waals surface area contributed by atoms with Crippen LogP contribution >= 0.6 is 0 Å². The van der Waals surface area contributed by atoms with E-state index in [1.165, 1.54) is 17.7 Å².